The van der Waals surface area contributed by atoms with Gasteiger partial charge in [-0.25, -0.2) is 0 Å². The van der Waals surface area contributed by atoms with Crippen molar-refractivity contribution in [3.05, 3.63) is 0 Å². The van der Waals surface area contributed by atoms with Gasteiger partial charge >= 0.3 is 0 Å². The van der Waals surface area contributed by atoms with E-state index in [-0.39, 0.29) is 11.8 Å². The number of carbonyl (C=O) groups excluding carboxylic acids is 1. The second kappa shape index (κ2) is 5.38. The van der Waals surface area contributed by atoms with E-state index < -0.39 is 0 Å². The van der Waals surface area contributed by atoms with Crippen LogP contribution in [0.25, 0.3) is 0 Å². The van der Waals surface area contributed by atoms with Gasteiger partial charge in [0.1, 0.15) is 5.78 Å². The molecule has 0 radical (unpaired) electrons. The monoisotopic (exact) mass is 144 g/mol. The van der Waals surface area contributed by atoms with Gasteiger partial charge in [-0.15, -0.1) is 0 Å². The predicted molar refractivity (Wildman–Crippen MR) is 41.8 cm³/mol. The first-order chi connectivity index (χ1) is 4.66. The van der Waals surface area contributed by atoms with Crippen molar-refractivity contribution in [3.8, 4) is 0 Å². The minimum atomic E-state index is 0.219. The minimum Gasteiger partial charge on any atom is -0.329 e. The van der Waals surface area contributed by atoms with E-state index in [9.17, 15) is 4.79 Å². The standard InChI is InChI=1S/C7H16N2O/c1-6(5-7(2)10)9-4-3-8/h6,9H,3-5,8H2,1-2H3. The molecule has 0 amide bonds. The molecule has 0 fully saturated rings. The maximum absolute atomic E-state index is 10.5. The Bertz CT molecular complexity index is 104. The fourth-order valence-corrected chi connectivity index (χ4v) is 0.833. The van der Waals surface area contributed by atoms with Gasteiger partial charge in [0.25, 0.3) is 0 Å². The summed E-state index contributed by atoms with van der Waals surface area (Å²) < 4.78 is 0. The Hall–Kier alpha value is -0.410. The first-order valence-corrected chi connectivity index (χ1v) is 3.59. The van der Waals surface area contributed by atoms with Crippen molar-refractivity contribution in [1.82, 2.24) is 5.32 Å². The molecule has 3 N–H and O–H groups in total. The molecule has 0 saturated heterocycles. The van der Waals surface area contributed by atoms with Crippen LogP contribution in [-0.4, -0.2) is 24.9 Å². The van der Waals surface area contributed by atoms with Crippen molar-refractivity contribution >= 4 is 5.78 Å². The molecule has 0 aromatic heterocycles. The highest BCUT2D eigenvalue weighted by molar-refractivity contribution is 5.76. The van der Waals surface area contributed by atoms with Crippen molar-refractivity contribution in [3.63, 3.8) is 0 Å². The molecule has 1 unspecified atom stereocenters. The van der Waals surface area contributed by atoms with Crippen LogP contribution in [0.4, 0.5) is 0 Å². The number of ketones is 1. The van der Waals surface area contributed by atoms with E-state index in [1.807, 2.05) is 6.92 Å². The summed E-state index contributed by atoms with van der Waals surface area (Å²) in [6.07, 6.45) is 0.597. The van der Waals surface area contributed by atoms with Crippen molar-refractivity contribution in [2.75, 3.05) is 13.1 Å². The molecule has 0 bridgehead atoms. The van der Waals surface area contributed by atoms with Crippen LogP contribution in [0.5, 0.6) is 0 Å². The molecule has 0 spiro atoms. The summed E-state index contributed by atoms with van der Waals surface area (Å²) in [5, 5.41) is 3.12. The number of hydrogen-bond acceptors (Lipinski definition) is 3. The number of carbonyl (C=O) groups is 1. The normalized spacial score (nSPS) is 13.1. The molecule has 1 atom stereocenters. The summed E-state index contributed by atoms with van der Waals surface area (Å²) in [7, 11) is 0. The third kappa shape index (κ3) is 5.72. The van der Waals surface area contributed by atoms with Gasteiger partial charge < -0.3 is 11.1 Å². The van der Waals surface area contributed by atoms with Gasteiger partial charge in [-0.1, -0.05) is 0 Å². The summed E-state index contributed by atoms with van der Waals surface area (Å²) >= 11 is 0. The van der Waals surface area contributed by atoms with E-state index in [1.165, 1.54) is 0 Å². The highest BCUT2D eigenvalue weighted by Gasteiger charge is 2.01. The smallest absolute Gasteiger partial charge is 0.131 e. The Morgan fingerprint density at radius 3 is 2.70 bits per heavy atom. The fourth-order valence-electron chi connectivity index (χ4n) is 0.833. The van der Waals surface area contributed by atoms with Gasteiger partial charge in [0.2, 0.25) is 0 Å². The Morgan fingerprint density at radius 2 is 2.30 bits per heavy atom. The average Bonchev–Trinajstić information content (AvgIpc) is 1.82. The van der Waals surface area contributed by atoms with Crippen LogP contribution in [0.1, 0.15) is 20.3 Å². The molecule has 10 heavy (non-hydrogen) atoms. The number of nitrogens with one attached hydrogen (secondary N) is 1. The first kappa shape index (κ1) is 9.59. The van der Waals surface area contributed by atoms with Gasteiger partial charge in [0.05, 0.1) is 0 Å². The summed E-state index contributed by atoms with van der Waals surface area (Å²) in [5.41, 5.74) is 5.26. The van der Waals surface area contributed by atoms with E-state index in [2.05, 4.69) is 5.32 Å². The van der Waals surface area contributed by atoms with Crippen molar-refractivity contribution in [2.24, 2.45) is 5.73 Å². The molecule has 3 heteroatoms. The van der Waals surface area contributed by atoms with Crippen molar-refractivity contribution in [1.29, 1.82) is 0 Å². The van der Waals surface area contributed by atoms with Gasteiger partial charge in [-0.3, -0.25) is 4.79 Å². The van der Waals surface area contributed by atoms with Gasteiger partial charge in [0, 0.05) is 25.6 Å². The molecule has 0 saturated carbocycles. The highest BCUT2D eigenvalue weighted by Crippen LogP contribution is 1.89. The molecular formula is C7H16N2O. The largest absolute Gasteiger partial charge is 0.329 e. The Labute approximate surface area is 62.0 Å². The fraction of sp³-hybridized carbons (Fsp3) is 0.857. The van der Waals surface area contributed by atoms with Crippen LogP contribution in [0.2, 0.25) is 0 Å². The third-order valence-corrected chi connectivity index (χ3v) is 1.23. The Kier molecular flexibility index (Phi) is 5.16. The maximum atomic E-state index is 10.5. The van der Waals surface area contributed by atoms with E-state index in [4.69, 9.17) is 5.73 Å². The lowest BCUT2D eigenvalue weighted by molar-refractivity contribution is -0.117. The van der Waals surface area contributed by atoms with Crippen LogP contribution in [-0.2, 0) is 4.79 Å². The zero-order chi connectivity index (χ0) is 7.98. The summed E-state index contributed by atoms with van der Waals surface area (Å²) in [4.78, 5) is 10.5. The van der Waals surface area contributed by atoms with E-state index in [0.717, 1.165) is 6.54 Å². The average molecular weight is 144 g/mol. The lowest BCUT2D eigenvalue weighted by atomic mass is 10.2. The molecule has 0 aliphatic rings. The van der Waals surface area contributed by atoms with Gasteiger partial charge in [-0.05, 0) is 13.8 Å². The van der Waals surface area contributed by atoms with E-state index in [1.54, 1.807) is 6.92 Å². The number of hydrogen-bond donors (Lipinski definition) is 2. The summed E-state index contributed by atoms with van der Waals surface area (Å²) in [5.74, 6) is 0.219. The molecular weight excluding hydrogens is 128 g/mol. The van der Waals surface area contributed by atoms with Gasteiger partial charge in [-0.2, -0.15) is 0 Å². The van der Waals surface area contributed by atoms with Crippen LogP contribution in [0.3, 0.4) is 0 Å². The Morgan fingerprint density at radius 1 is 1.70 bits per heavy atom. The minimum absolute atomic E-state index is 0.219. The number of nitrogens with two attached hydrogens (primary N) is 1. The maximum Gasteiger partial charge on any atom is 0.131 e. The van der Waals surface area contributed by atoms with Crippen LogP contribution in [0.15, 0.2) is 0 Å². The lowest BCUT2D eigenvalue weighted by Gasteiger charge is -2.09. The van der Waals surface area contributed by atoms with E-state index in [0.29, 0.717) is 13.0 Å². The SMILES string of the molecule is CC(=O)CC(C)NCCN. The molecule has 3 nitrogen and oxygen atoms in total. The summed E-state index contributed by atoms with van der Waals surface area (Å²) in [6.45, 7) is 4.99. The topological polar surface area (TPSA) is 55.1 Å². The van der Waals surface area contributed by atoms with Crippen molar-refractivity contribution < 1.29 is 4.79 Å². The molecule has 0 aliphatic carbocycles. The second-order valence-corrected chi connectivity index (χ2v) is 2.55. The molecule has 0 aromatic carbocycles. The lowest BCUT2D eigenvalue weighted by Crippen LogP contribution is -2.32. The predicted octanol–water partition coefficient (Wildman–Crippen LogP) is -0.0977. The third-order valence-electron chi connectivity index (χ3n) is 1.23. The first-order valence-electron chi connectivity index (χ1n) is 3.59. The molecule has 0 heterocycles. The quantitative estimate of drug-likeness (QED) is 0.566. The molecule has 0 aliphatic heterocycles. The second-order valence-electron chi connectivity index (χ2n) is 2.55. The molecule has 0 rings (SSSR count). The number of Topliss-reactive ketones (excluding diaryl/α,β-unsaturated/α-hetero) is 1. The molecule has 0 aromatic rings. The zero-order valence-electron chi connectivity index (χ0n) is 6.68. The molecule has 60 valence electrons. The van der Waals surface area contributed by atoms with Crippen LogP contribution in [0, 0.1) is 0 Å². The zero-order valence-corrected chi connectivity index (χ0v) is 6.68. The number of rotatable bonds is 5. The Balaban J connectivity index is 3.25. The van der Waals surface area contributed by atoms with Crippen molar-refractivity contribution in [2.45, 2.75) is 26.3 Å². The highest BCUT2D eigenvalue weighted by atomic mass is 16.1. The summed E-state index contributed by atoms with van der Waals surface area (Å²) in [6, 6.07) is 0.265. The van der Waals surface area contributed by atoms with Crippen LogP contribution >= 0.6 is 0 Å². The van der Waals surface area contributed by atoms with Crippen LogP contribution < -0.4 is 11.1 Å². The van der Waals surface area contributed by atoms with Gasteiger partial charge in [0.15, 0.2) is 0 Å². The van der Waals surface area contributed by atoms with E-state index >= 15 is 0 Å².